The standard InChI is InChI=1S/C16H15BrFN3O3/c1-7-6-9(4-5-10(7)18)13(16(23)24)19-15(22)14-11(17)12(20-21-14)8-2-3-8/h4-6,8,13H,2-3H2,1H3,(H,19,22)(H,20,21)(H,23,24). The van der Waals surface area contributed by atoms with Crippen LogP contribution in [0.3, 0.4) is 0 Å². The molecule has 126 valence electrons. The van der Waals surface area contributed by atoms with Crippen LogP contribution in [-0.4, -0.2) is 27.2 Å². The number of benzene rings is 1. The molecule has 3 N–H and O–H groups in total. The number of rotatable bonds is 5. The molecule has 1 aliphatic carbocycles. The molecule has 8 heteroatoms. The van der Waals surface area contributed by atoms with Gasteiger partial charge in [0.1, 0.15) is 5.82 Å². The number of hydrogen-bond acceptors (Lipinski definition) is 3. The Kier molecular flexibility index (Phi) is 4.40. The van der Waals surface area contributed by atoms with Crippen LogP contribution >= 0.6 is 15.9 Å². The minimum atomic E-state index is -1.29. The molecule has 1 amide bonds. The van der Waals surface area contributed by atoms with Gasteiger partial charge < -0.3 is 10.4 Å². The van der Waals surface area contributed by atoms with Crippen molar-refractivity contribution in [3.8, 4) is 0 Å². The van der Waals surface area contributed by atoms with Crippen molar-refractivity contribution in [1.82, 2.24) is 15.5 Å². The minimum absolute atomic E-state index is 0.113. The second-order valence-electron chi connectivity index (χ2n) is 5.83. The van der Waals surface area contributed by atoms with Crippen molar-refractivity contribution in [2.24, 2.45) is 0 Å². The number of carbonyl (C=O) groups excluding carboxylic acids is 1. The van der Waals surface area contributed by atoms with Crippen molar-refractivity contribution in [2.45, 2.75) is 31.7 Å². The molecule has 1 saturated carbocycles. The molecule has 0 saturated heterocycles. The van der Waals surface area contributed by atoms with Crippen LogP contribution in [0.15, 0.2) is 22.7 Å². The lowest BCUT2D eigenvalue weighted by atomic mass is 10.0. The predicted molar refractivity (Wildman–Crippen MR) is 87.2 cm³/mol. The zero-order valence-corrected chi connectivity index (χ0v) is 14.4. The maximum atomic E-state index is 13.4. The molecule has 1 atom stereocenters. The average molecular weight is 396 g/mol. The van der Waals surface area contributed by atoms with E-state index in [4.69, 9.17) is 0 Å². The maximum absolute atomic E-state index is 13.4. The van der Waals surface area contributed by atoms with E-state index in [0.29, 0.717) is 21.5 Å². The number of carboxylic acids is 1. The van der Waals surface area contributed by atoms with Crippen LogP contribution < -0.4 is 5.32 Å². The highest BCUT2D eigenvalue weighted by Crippen LogP contribution is 2.42. The van der Waals surface area contributed by atoms with Crippen molar-refractivity contribution in [2.75, 3.05) is 0 Å². The van der Waals surface area contributed by atoms with Gasteiger partial charge in [-0.3, -0.25) is 9.89 Å². The molecule has 0 aliphatic heterocycles. The monoisotopic (exact) mass is 395 g/mol. The first-order valence-corrected chi connectivity index (χ1v) is 8.21. The van der Waals surface area contributed by atoms with Crippen LogP contribution in [0.4, 0.5) is 4.39 Å². The average Bonchev–Trinajstić information content (AvgIpc) is 3.30. The Bertz CT molecular complexity index is 817. The molecule has 6 nitrogen and oxygen atoms in total. The van der Waals surface area contributed by atoms with Gasteiger partial charge in [0.25, 0.3) is 5.91 Å². The van der Waals surface area contributed by atoms with E-state index < -0.39 is 23.7 Å². The van der Waals surface area contributed by atoms with Gasteiger partial charge in [-0.05, 0) is 52.9 Å². The number of nitrogens with zero attached hydrogens (tertiary/aromatic N) is 1. The summed E-state index contributed by atoms with van der Waals surface area (Å²) in [6, 6.07) is 2.65. The van der Waals surface area contributed by atoms with Crippen molar-refractivity contribution >= 4 is 27.8 Å². The highest BCUT2D eigenvalue weighted by atomic mass is 79.9. The molecule has 3 rings (SSSR count). The Morgan fingerprint density at radius 2 is 2.17 bits per heavy atom. The molecule has 0 bridgehead atoms. The van der Waals surface area contributed by atoms with Gasteiger partial charge in [0.2, 0.25) is 0 Å². The van der Waals surface area contributed by atoms with Gasteiger partial charge in [-0.25, -0.2) is 9.18 Å². The number of halogens is 2. The highest BCUT2D eigenvalue weighted by Gasteiger charge is 2.32. The van der Waals surface area contributed by atoms with E-state index in [1.54, 1.807) is 0 Å². The summed E-state index contributed by atoms with van der Waals surface area (Å²) in [5, 5.41) is 18.6. The Morgan fingerprint density at radius 1 is 1.46 bits per heavy atom. The number of carboxylic acid groups (broad SMARTS) is 1. The Balaban J connectivity index is 1.84. The lowest BCUT2D eigenvalue weighted by Crippen LogP contribution is -2.34. The van der Waals surface area contributed by atoms with E-state index in [1.165, 1.54) is 25.1 Å². The first kappa shape index (κ1) is 16.6. The normalized spacial score (nSPS) is 15.1. The van der Waals surface area contributed by atoms with E-state index in [2.05, 4.69) is 31.4 Å². The lowest BCUT2D eigenvalue weighted by Gasteiger charge is -2.15. The topological polar surface area (TPSA) is 95.1 Å². The van der Waals surface area contributed by atoms with E-state index >= 15 is 0 Å². The predicted octanol–water partition coefficient (Wildman–Crippen LogP) is 3.05. The van der Waals surface area contributed by atoms with Gasteiger partial charge in [0, 0.05) is 5.92 Å². The molecule has 1 fully saturated rings. The molecule has 2 aromatic rings. The summed E-state index contributed by atoms with van der Waals surface area (Å²) in [6.45, 7) is 1.53. The number of amides is 1. The summed E-state index contributed by atoms with van der Waals surface area (Å²) in [4.78, 5) is 23.9. The van der Waals surface area contributed by atoms with Crippen LogP contribution in [0, 0.1) is 12.7 Å². The van der Waals surface area contributed by atoms with Crippen LogP contribution in [0.5, 0.6) is 0 Å². The van der Waals surface area contributed by atoms with Crippen LogP contribution in [-0.2, 0) is 4.79 Å². The van der Waals surface area contributed by atoms with Gasteiger partial charge >= 0.3 is 5.97 Å². The summed E-state index contributed by atoms with van der Waals surface area (Å²) >= 11 is 3.35. The van der Waals surface area contributed by atoms with E-state index in [9.17, 15) is 19.1 Å². The van der Waals surface area contributed by atoms with Crippen molar-refractivity contribution in [1.29, 1.82) is 0 Å². The fraction of sp³-hybridized carbons (Fsp3) is 0.312. The van der Waals surface area contributed by atoms with Crippen molar-refractivity contribution < 1.29 is 19.1 Å². The fourth-order valence-corrected chi connectivity index (χ4v) is 3.15. The third-order valence-electron chi connectivity index (χ3n) is 3.97. The fourth-order valence-electron chi connectivity index (χ4n) is 2.47. The molecule has 24 heavy (non-hydrogen) atoms. The lowest BCUT2D eigenvalue weighted by molar-refractivity contribution is -0.139. The molecule has 1 aromatic carbocycles. The Labute approximate surface area is 145 Å². The molecular formula is C16H15BrFN3O3. The highest BCUT2D eigenvalue weighted by molar-refractivity contribution is 9.10. The van der Waals surface area contributed by atoms with Crippen molar-refractivity contribution in [3.63, 3.8) is 0 Å². The van der Waals surface area contributed by atoms with Gasteiger partial charge in [-0.2, -0.15) is 5.10 Å². The number of aryl methyl sites for hydroxylation is 1. The molecular weight excluding hydrogens is 381 g/mol. The number of aliphatic carboxylic acids is 1. The maximum Gasteiger partial charge on any atom is 0.330 e. The number of aromatic nitrogens is 2. The second-order valence-corrected chi connectivity index (χ2v) is 6.62. The van der Waals surface area contributed by atoms with E-state index in [-0.39, 0.29) is 5.69 Å². The smallest absolute Gasteiger partial charge is 0.330 e. The van der Waals surface area contributed by atoms with Crippen LogP contribution in [0.25, 0.3) is 0 Å². The second kappa shape index (κ2) is 6.35. The largest absolute Gasteiger partial charge is 0.479 e. The van der Waals surface area contributed by atoms with Crippen LogP contribution in [0.2, 0.25) is 0 Å². The van der Waals surface area contributed by atoms with Gasteiger partial charge in [-0.1, -0.05) is 12.1 Å². The number of nitrogens with one attached hydrogen (secondary N) is 2. The third kappa shape index (κ3) is 3.19. The van der Waals surface area contributed by atoms with Crippen LogP contribution in [0.1, 0.15) is 52.1 Å². The molecule has 1 heterocycles. The number of H-pyrrole nitrogens is 1. The first-order valence-electron chi connectivity index (χ1n) is 7.42. The van der Waals surface area contributed by atoms with Gasteiger partial charge in [-0.15, -0.1) is 0 Å². The summed E-state index contributed by atoms with van der Waals surface area (Å²) in [5.41, 5.74) is 1.57. The Hall–Kier alpha value is -2.22. The number of carbonyl (C=O) groups is 2. The van der Waals surface area contributed by atoms with E-state index in [0.717, 1.165) is 18.5 Å². The Morgan fingerprint density at radius 3 is 2.75 bits per heavy atom. The summed E-state index contributed by atoms with van der Waals surface area (Å²) in [7, 11) is 0. The summed E-state index contributed by atoms with van der Waals surface area (Å²) < 4.78 is 13.9. The first-order chi connectivity index (χ1) is 11.4. The van der Waals surface area contributed by atoms with E-state index in [1.807, 2.05) is 0 Å². The SMILES string of the molecule is Cc1cc(C(NC(=O)c2n[nH]c(C3CC3)c2Br)C(=O)O)ccc1F. The molecule has 1 aliphatic rings. The number of hydrogen-bond donors (Lipinski definition) is 3. The third-order valence-corrected chi connectivity index (χ3v) is 4.77. The zero-order chi connectivity index (χ0) is 17.4. The molecule has 1 aromatic heterocycles. The molecule has 0 radical (unpaired) electrons. The van der Waals surface area contributed by atoms with Gasteiger partial charge in [0.15, 0.2) is 11.7 Å². The molecule has 0 spiro atoms. The zero-order valence-electron chi connectivity index (χ0n) is 12.8. The summed E-state index contributed by atoms with van der Waals surface area (Å²) in [5.74, 6) is -1.91. The van der Waals surface area contributed by atoms with Gasteiger partial charge in [0.05, 0.1) is 10.2 Å². The number of aromatic amines is 1. The minimum Gasteiger partial charge on any atom is -0.479 e. The van der Waals surface area contributed by atoms with Crippen molar-refractivity contribution in [3.05, 3.63) is 51.0 Å². The summed E-state index contributed by atoms with van der Waals surface area (Å²) in [6.07, 6.45) is 2.07. The quantitative estimate of drug-likeness (QED) is 0.724. The molecule has 1 unspecified atom stereocenters.